The van der Waals surface area contributed by atoms with Crippen LogP contribution in [-0.2, 0) is 9.59 Å². The Morgan fingerprint density at radius 3 is 2.71 bits per heavy atom. The van der Waals surface area contributed by atoms with Crippen LogP contribution in [0, 0.1) is 11.8 Å². The molecule has 1 N–H and O–H groups in total. The number of hydrogen-bond acceptors (Lipinski definition) is 3. The minimum Gasteiger partial charge on any atom is -0.496 e. The third-order valence-corrected chi connectivity index (χ3v) is 4.50. The number of rotatable bonds is 4. The van der Waals surface area contributed by atoms with Crippen LogP contribution in [0.3, 0.4) is 0 Å². The van der Waals surface area contributed by atoms with Gasteiger partial charge in [0.05, 0.1) is 18.9 Å². The van der Waals surface area contributed by atoms with Crippen LogP contribution >= 0.6 is 0 Å². The standard InChI is InChI=1S/C16H19NO4/c1-21-14-5-3-2-4-11(14)10-6-7-17(9-10)15(18)12-8-13(12)16(19)20/h2-5,10,12-13H,6-9H2,1H3,(H,19,20). The van der Waals surface area contributed by atoms with Gasteiger partial charge in [-0.15, -0.1) is 0 Å². The van der Waals surface area contributed by atoms with Crippen molar-refractivity contribution in [3.8, 4) is 5.75 Å². The largest absolute Gasteiger partial charge is 0.496 e. The molecule has 3 rings (SSSR count). The van der Waals surface area contributed by atoms with Gasteiger partial charge in [0.25, 0.3) is 0 Å². The molecule has 1 aliphatic heterocycles. The average Bonchev–Trinajstić information content (AvgIpc) is 3.16. The smallest absolute Gasteiger partial charge is 0.307 e. The molecule has 0 radical (unpaired) electrons. The van der Waals surface area contributed by atoms with E-state index < -0.39 is 11.9 Å². The first-order valence-corrected chi connectivity index (χ1v) is 7.26. The lowest BCUT2D eigenvalue weighted by atomic mass is 9.97. The van der Waals surface area contributed by atoms with Crippen molar-refractivity contribution in [1.82, 2.24) is 4.90 Å². The highest BCUT2D eigenvalue weighted by molar-refractivity contribution is 5.89. The molecule has 0 spiro atoms. The fourth-order valence-corrected chi connectivity index (χ4v) is 3.19. The third kappa shape index (κ3) is 2.60. The van der Waals surface area contributed by atoms with Crippen molar-refractivity contribution in [2.24, 2.45) is 11.8 Å². The second-order valence-electron chi connectivity index (χ2n) is 5.80. The highest BCUT2D eigenvalue weighted by atomic mass is 16.5. The van der Waals surface area contributed by atoms with Gasteiger partial charge in [0.2, 0.25) is 5.91 Å². The maximum Gasteiger partial charge on any atom is 0.307 e. The van der Waals surface area contributed by atoms with E-state index in [-0.39, 0.29) is 17.7 Å². The van der Waals surface area contributed by atoms with E-state index in [9.17, 15) is 9.59 Å². The minimum absolute atomic E-state index is 0.000187. The molecule has 1 saturated carbocycles. The first-order chi connectivity index (χ1) is 10.1. The summed E-state index contributed by atoms with van der Waals surface area (Å²) >= 11 is 0. The van der Waals surface area contributed by atoms with Gasteiger partial charge in [0.1, 0.15) is 5.75 Å². The number of benzene rings is 1. The van der Waals surface area contributed by atoms with Gasteiger partial charge < -0.3 is 14.7 Å². The molecule has 112 valence electrons. The lowest BCUT2D eigenvalue weighted by molar-refractivity contribution is -0.141. The molecular formula is C16H19NO4. The summed E-state index contributed by atoms with van der Waals surface area (Å²) in [5.74, 6) is -0.505. The molecule has 1 saturated heterocycles. The van der Waals surface area contributed by atoms with E-state index in [1.54, 1.807) is 7.11 Å². The molecule has 1 amide bonds. The fourth-order valence-electron chi connectivity index (χ4n) is 3.19. The van der Waals surface area contributed by atoms with Crippen LogP contribution in [0.1, 0.15) is 24.3 Å². The van der Waals surface area contributed by atoms with E-state index in [0.29, 0.717) is 19.5 Å². The topological polar surface area (TPSA) is 66.8 Å². The van der Waals surface area contributed by atoms with Crippen molar-refractivity contribution in [2.45, 2.75) is 18.8 Å². The quantitative estimate of drug-likeness (QED) is 0.916. The number of carboxylic acid groups (broad SMARTS) is 1. The van der Waals surface area contributed by atoms with Crippen molar-refractivity contribution < 1.29 is 19.4 Å². The van der Waals surface area contributed by atoms with E-state index in [2.05, 4.69) is 0 Å². The molecule has 21 heavy (non-hydrogen) atoms. The van der Waals surface area contributed by atoms with Gasteiger partial charge in [-0.3, -0.25) is 9.59 Å². The lowest BCUT2D eigenvalue weighted by Crippen LogP contribution is -2.30. The van der Waals surface area contributed by atoms with E-state index in [1.165, 1.54) is 0 Å². The summed E-state index contributed by atoms with van der Waals surface area (Å²) in [5, 5.41) is 8.93. The summed E-state index contributed by atoms with van der Waals surface area (Å²) in [6.45, 7) is 1.35. The van der Waals surface area contributed by atoms with E-state index in [4.69, 9.17) is 9.84 Å². The van der Waals surface area contributed by atoms with Gasteiger partial charge >= 0.3 is 5.97 Å². The number of hydrogen-bond donors (Lipinski definition) is 1. The minimum atomic E-state index is -0.853. The Balaban J connectivity index is 1.66. The maximum absolute atomic E-state index is 12.3. The first-order valence-electron chi connectivity index (χ1n) is 7.26. The maximum atomic E-state index is 12.3. The molecule has 1 aliphatic carbocycles. The predicted octanol–water partition coefficient (Wildman–Crippen LogP) is 1.73. The lowest BCUT2D eigenvalue weighted by Gasteiger charge is -2.18. The van der Waals surface area contributed by atoms with Crippen molar-refractivity contribution in [3.05, 3.63) is 29.8 Å². The number of carboxylic acids is 1. The van der Waals surface area contributed by atoms with Gasteiger partial charge in [-0.1, -0.05) is 18.2 Å². The van der Waals surface area contributed by atoms with Crippen molar-refractivity contribution in [1.29, 1.82) is 0 Å². The molecule has 5 nitrogen and oxygen atoms in total. The number of aliphatic carboxylic acids is 1. The molecule has 2 fully saturated rings. The molecule has 3 unspecified atom stereocenters. The van der Waals surface area contributed by atoms with E-state index >= 15 is 0 Å². The monoisotopic (exact) mass is 289 g/mol. The number of carbonyl (C=O) groups excluding carboxylic acids is 1. The molecule has 0 aromatic heterocycles. The molecule has 0 bridgehead atoms. The number of methoxy groups -OCH3 is 1. The Bertz CT molecular complexity index is 571. The third-order valence-electron chi connectivity index (χ3n) is 4.50. The highest BCUT2D eigenvalue weighted by Crippen LogP contribution is 2.42. The van der Waals surface area contributed by atoms with Gasteiger partial charge in [-0.25, -0.2) is 0 Å². The Morgan fingerprint density at radius 1 is 1.29 bits per heavy atom. The number of nitrogens with zero attached hydrogens (tertiary/aromatic N) is 1. The molecular weight excluding hydrogens is 270 g/mol. The zero-order chi connectivity index (χ0) is 15.0. The average molecular weight is 289 g/mol. The van der Waals surface area contributed by atoms with Crippen LogP contribution in [0.15, 0.2) is 24.3 Å². The van der Waals surface area contributed by atoms with Crippen LogP contribution in [-0.4, -0.2) is 42.1 Å². The molecule has 1 heterocycles. The number of amides is 1. The zero-order valence-electron chi connectivity index (χ0n) is 12.0. The van der Waals surface area contributed by atoms with Crippen LogP contribution < -0.4 is 4.74 Å². The Kier molecular flexibility index (Phi) is 3.57. The highest BCUT2D eigenvalue weighted by Gasteiger charge is 2.50. The van der Waals surface area contributed by atoms with Crippen LogP contribution in [0.5, 0.6) is 5.75 Å². The summed E-state index contributed by atoms with van der Waals surface area (Å²) in [5.41, 5.74) is 1.13. The molecule has 1 aromatic carbocycles. The van der Waals surface area contributed by atoms with Crippen LogP contribution in [0.2, 0.25) is 0 Å². The first kappa shape index (κ1) is 13.9. The van der Waals surface area contributed by atoms with E-state index in [0.717, 1.165) is 17.7 Å². The van der Waals surface area contributed by atoms with Crippen LogP contribution in [0.4, 0.5) is 0 Å². The molecule has 5 heteroatoms. The Labute approximate surface area is 123 Å². The summed E-state index contributed by atoms with van der Waals surface area (Å²) < 4.78 is 5.38. The van der Waals surface area contributed by atoms with Crippen molar-refractivity contribution >= 4 is 11.9 Å². The van der Waals surface area contributed by atoms with E-state index in [1.807, 2.05) is 29.2 Å². The van der Waals surface area contributed by atoms with Gasteiger partial charge in [0.15, 0.2) is 0 Å². The SMILES string of the molecule is COc1ccccc1C1CCN(C(=O)C2CC2C(=O)O)C1. The van der Waals surface area contributed by atoms with Crippen LogP contribution in [0.25, 0.3) is 0 Å². The molecule has 3 atom stereocenters. The molecule has 1 aromatic rings. The Hall–Kier alpha value is -2.04. The molecule has 2 aliphatic rings. The number of para-hydroxylation sites is 1. The Morgan fingerprint density at radius 2 is 2.05 bits per heavy atom. The fraction of sp³-hybridized carbons (Fsp3) is 0.500. The summed E-state index contributed by atoms with van der Waals surface area (Å²) in [7, 11) is 1.65. The van der Waals surface area contributed by atoms with Gasteiger partial charge in [-0.05, 0) is 24.5 Å². The summed E-state index contributed by atoms with van der Waals surface area (Å²) in [6.07, 6.45) is 1.39. The van der Waals surface area contributed by atoms with Crippen molar-refractivity contribution in [2.75, 3.05) is 20.2 Å². The van der Waals surface area contributed by atoms with Gasteiger partial charge in [0, 0.05) is 19.0 Å². The van der Waals surface area contributed by atoms with Gasteiger partial charge in [-0.2, -0.15) is 0 Å². The number of ether oxygens (including phenoxy) is 1. The predicted molar refractivity (Wildman–Crippen MR) is 76.2 cm³/mol. The normalized spacial score (nSPS) is 27.5. The second-order valence-corrected chi connectivity index (χ2v) is 5.80. The summed E-state index contributed by atoms with van der Waals surface area (Å²) in [4.78, 5) is 25.0. The van der Waals surface area contributed by atoms with Crippen molar-refractivity contribution in [3.63, 3.8) is 0 Å². The zero-order valence-corrected chi connectivity index (χ0v) is 12.0. The number of likely N-dealkylation sites (tertiary alicyclic amines) is 1. The number of carbonyl (C=O) groups is 2. The summed E-state index contributed by atoms with van der Waals surface area (Å²) in [6, 6.07) is 7.88. The second kappa shape index (κ2) is 5.39.